The second-order valence-electron chi connectivity index (χ2n) is 7.00. The van der Waals surface area contributed by atoms with Gasteiger partial charge in [-0.05, 0) is 36.6 Å². The standard InChI is InChI=1S/C21H22ClNO2/c22-16-9-7-15(8-10-16)21(12-3-4-13-21)20(24)23-18-11-14-25-19-6-2-1-5-17(18)19/h1-2,5-10,18H,3-4,11-14H2,(H,23,24). The Morgan fingerprint density at radius 1 is 1.08 bits per heavy atom. The number of hydrogen-bond acceptors (Lipinski definition) is 2. The number of hydrogen-bond donors (Lipinski definition) is 1. The lowest BCUT2D eigenvalue weighted by molar-refractivity contribution is -0.127. The van der Waals surface area contributed by atoms with E-state index in [9.17, 15) is 4.79 Å². The molecule has 1 atom stereocenters. The van der Waals surface area contributed by atoms with Gasteiger partial charge >= 0.3 is 0 Å². The number of halogens is 1. The predicted molar refractivity (Wildman–Crippen MR) is 99.0 cm³/mol. The molecule has 130 valence electrons. The van der Waals surface area contributed by atoms with Gasteiger partial charge in [-0.1, -0.05) is 54.8 Å². The SMILES string of the molecule is O=C(NC1CCOc2ccccc21)C1(c2ccc(Cl)cc2)CCCC1. The van der Waals surface area contributed by atoms with Gasteiger partial charge in [-0.25, -0.2) is 0 Å². The zero-order chi connectivity index (χ0) is 17.3. The van der Waals surface area contributed by atoms with Crippen LogP contribution in [0.25, 0.3) is 0 Å². The van der Waals surface area contributed by atoms with Crippen molar-refractivity contribution in [1.82, 2.24) is 5.32 Å². The summed E-state index contributed by atoms with van der Waals surface area (Å²) in [5.74, 6) is 1.01. The Hall–Kier alpha value is -2.00. The summed E-state index contributed by atoms with van der Waals surface area (Å²) in [6.07, 6.45) is 4.76. The second-order valence-corrected chi connectivity index (χ2v) is 7.43. The van der Waals surface area contributed by atoms with Crippen molar-refractivity contribution in [2.75, 3.05) is 6.61 Å². The molecule has 2 aromatic carbocycles. The summed E-state index contributed by atoms with van der Waals surface area (Å²) >= 11 is 6.04. The molecule has 2 aromatic rings. The van der Waals surface area contributed by atoms with E-state index in [0.29, 0.717) is 11.6 Å². The van der Waals surface area contributed by atoms with Gasteiger partial charge in [0.1, 0.15) is 5.75 Å². The lowest BCUT2D eigenvalue weighted by Gasteiger charge is -2.33. The van der Waals surface area contributed by atoms with Crippen molar-refractivity contribution >= 4 is 17.5 Å². The summed E-state index contributed by atoms with van der Waals surface area (Å²) in [5, 5.41) is 4.02. The van der Waals surface area contributed by atoms with Crippen LogP contribution in [-0.2, 0) is 10.2 Å². The monoisotopic (exact) mass is 355 g/mol. The van der Waals surface area contributed by atoms with E-state index < -0.39 is 5.41 Å². The normalized spacial score (nSPS) is 21.2. The number of amides is 1. The molecule has 1 amide bonds. The third-order valence-corrected chi connectivity index (χ3v) is 5.80. The molecule has 1 heterocycles. The molecule has 3 nitrogen and oxygen atoms in total. The summed E-state index contributed by atoms with van der Waals surface area (Å²) in [7, 11) is 0. The Morgan fingerprint density at radius 3 is 2.56 bits per heavy atom. The van der Waals surface area contributed by atoms with Gasteiger partial charge in [-0.15, -0.1) is 0 Å². The molecule has 1 aliphatic heterocycles. The molecule has 0 saturated heterocycles. The van der Waals surface area contributed by atoms with Crippen LogP contribution in [0.4, 0.5) is 0 Å². The molecule has 2 aliphatic rings. The van der Waals surface area contributed by atoms with E-state index in [1.165, 1.54) is 0 Å². The van der Waals surface area contributed by atoms with Crippen molar-refractivity contribution in [3.63, 3.8) is 0 Å². The highest BCUT2D eigenvalue weighted by Gasteiger charge is 2.43. The molecule has 1 N–H and O–H groups in total. The summed E-state index contributed by atoms with van der Waals surface area (Å²) < 4.78 is 5.72. The van der Waals surface area contributed by atoms with Crippen LogP contribution in [0, 0.1) is 0 Å². The van der Waals surface area contributed by atoms with Gasteiger partial charge in [0.2, 0.25) is 5.91 Å². The molecule has 1 saturated carbocycles. The fourth-order valence-electron chi connectivity index (χ4n) is 4.18. The largest absolute Gasteiger partial charge is 0.493 e. The molecular formula is C21H22ClNO2. The van der Waals surface area contributed by atoms with Crippen molar-refractivity contribution in [2.45, 2.75) is 43.6 Å². The second kappa shape index (κ2) is 6.72. The van der Waals surface area contributed by atoms with Gasteiger partial charge in [-0.3, -0.25) is 4.79 Å². The first-order valence-corrected chi connectivity index (χ1v) is 9.36. The van der Waals surface area contributed by atoms with Crippen LogP contribution in [0.15, 0.2) is 48.5 Å². The highest BCUT2D eigenvalue weighted by atomic mass is 35.5. The van der Waals surface area contributed by atoms with Gasteiger partial charge < -0.3 is 10.1 Å². The minimum Gasteiger partial charge on any atom is -0.493 e. The molecule has 0 bridgehead atoms. The van der Waals surface area contributed by atoms with E-state index in [4.69, 9.17) is 16.3 Å². The molecule has 0 spiro atoms. The average molecular weight is 356 g/mol. The number of para-hydroxylation sites is 1. The molecule has 4 heteroatoms. The van der Waals surface area contributed by atoms with Crippen LogP contribution < -0.4 is 10.1 Å². The number of nitrogens with one attached hydrogen (secondary N) is 1. The van der Waals surface area contributed by atoms with Crippen LogP contribution in [0.3, 0.4) is 0 Å². The van der Waals surface area contributed by atoms with Crippen LogP contribution in [0.1, 0.15) is 49.3 Å². The smallest absolute Gasteiger partial charge is 0.231 e. The average Bonchev–Trinajstić information content (AvgIpc) is 3.14. The lowest BCUT2D eigenvalue weighted by atomic mass is 9.77. The first-order valence-electron chi connectivity index (χ1n) is 8.98. The quantitative estimate of drug-likeness (QED) is 0.859. The number of carbonyl (C=O) groups is 1. The topological polar surface area (TPSA) is 38.3 Å². The summed E-state index contributed by atoms with van der Waals surface area (Å²) in [5.41, 5.74) is 1.72. The molecule has 1 aliphatic carbocycles. The highest BCUT2D eigenvalue weighted by molar-refractivity contribution is 6.30. The minimum absolute atomic E-state index is 0.0159. The minimum atomic E-state index is -0.433. The fourth-order valence-corrected chi connectivity index (χ4v) is 4.31. The zero-order valence-corrected chi connectivity index (χ0v) is 14.9. The Balaban J connectivity index is 1.62. The van der Waals surface area contributed by atoms with Crippen molar-refractivity contribution in [3.8, 4) is 5.75 Å². The van der Waals surface area contributed by atoms with E-state index in [0.717, 1.165) is 49.0 Å². The predicted octanol–water partition coefficient (Wildman–Crippen LogP) is 4.79. The lowest BCUT2D eigenvalue weighted by Crippen LogP contribution is -2.45. The van der Waals surface area contributed by atoms with Gasteiger partial charge in [-0.2, -0.15) is 0 Å². The van der Waals surface area contributed by atoms with E-state index in [-0.39, 0.29) is 11.9 Å². The van der Waals surface area contributed by atoms with Crippen molar-refractivity contribution < 1.29 is 9.53 Å². The van der Waals surface area contributed by atoms with Crippen LogP contribution in [-0.4, -0.2) is 12.5 Å². The first kappa shape index (κ1) is 16.5. The first-order chi connectivity index (χ1) is 12.2. The number of fused-ring (bicyclic) bond motifs is 1. The van der Waals surface area contributed by atoms with Gasteiger partial charge in [0, 0.05) is 17.0 Å². The van der Waals surface area contributed by atoms with Crippen LogP contribution >= 0.6 is 11.6 Å². The van der Waals surface area contributed by atoms with Crippen molar-refractivity contribution in [1.29, 1.82) is 0 Å². The van der Waals surface area contributed by atoms with E-state index in [1.807, 2.05) is 48.5 Å². The van der Waals surface area contributed by atoms with Crippen LogP contribution in [0.2, 0.25) is 5.02 Å². The molecule has 4 rings (SSSR count). The van der Waals surface area contributed by atoms with Gasteiger partial charge in [0.05, 0.1) is 18.1 Å². The Kier molecular flexibility index (Phi) is 4.43. The van der Waals surface area contributed by atoms with Crippen LogP contribution in [0.5, 0.6) is 5.75 Å². The third kappa shape index (κ3) is 3.02. The Bertz CT molecular complexity index is 766. The molecular weight excluding hydrogens is 334 g/mol. The molecule has 0 aromatic heterocycles. The van der Waals surface area contributed by atoms with Crippen molar-refractivity contribution in [2.24, 2.45) is 0 Å². The van der Waals surface area contributed by atoms with E-state index in [1.54, 1.807) is 0 Å². The fraction of sp³-hybridized carbons (Fsp3) is 0.381. The van der Waals surface area contributed by atoms with Gasteiger partial charge in [0.15, 0.2) is 0 Å². The maximum atomic E-state index is 13.3. The zero-order valence-electron chi connectivity index (χ0n) is 14.1. The number of benzene rings is 2. The van der Waals surface area contributed by atoms with E-state index >= 15 is 0 Å². The molecule has 0 radical (unpaired) electrons. The third-order valence-electron chi connectivity index (χ3n) is 5.55. The number of rotatable bonds is 3. The highest BCUT2D eigenvalue weighted by Crippen LogP contribution is 2.43. The van der Waals surface area contributed by atoms with Crippen molar-refractivity contribution in [3.05, 3.63) is 64.7 Å². The molecule has 25 heavy (non-hydrogen) atoms. The maximum Gasteiger partial charge on any atom is 0.231 e. The molecule has 1 fully saturated rings. The molecule has 1 unspecified atom stereocenters. The summed E-state index contributed by atoms with van der Waals surface area (Å²) in [6, 6.07) is 15.8. The summed E-state index contributed by atoms with van der Waals surface area (Å²) in [6.45, 7) is 0.635. The maximum absolute atomic E-state index is 13.3. The number of carbonyl (C=O) groups excluding carboxylic acids is 1. The Labute approximate surface area is 153 Å². The number of ether oxygens (including phenoxy) is 1. The Morgan fingerprint density at radius 2 is 1.80 bits per heavy atom. The van der Waals surface area contributed by atoms with Gasteiger partial charge in [0.25, 0.3) is 0 Å². The summed E-state index contributed by atoms with van der Waals surface area (Å²) in [4.78, 5) is 13.3. The van der Waals surface area contributed by atoms with E-state index in [2.05, 4.69) is 5.32 Å².